The second-order valence-electron chi connectivity index (χ2n) is 8.22. The fourth-order valence-corrected chi connectivity index (χ4v) is 4.96. The molecule has 2 heteroatoms. The van der Waals surface area contributed by atoms with Gasteiger partial charge in [-0.25, -0.2) is 0 Å². The third-order valence-corrected chi connectivity index (χ3v) is 6.60. The van der Waals surface area contributed by atoms with Crippen molar-refractivity contribution in [3.63, 3.8) is 0 Å². The van der Waals surface area contributed by atoms with Crippen molar-refractivity contribution in [1.29, 1.82) is 0 Å². The van der Waals surface area contributed by atoms with Crippen molar-refractivity contribution in [3.8, 4) is 22.3 Å². The topological polar surface area (TPSA) is 13.1 Å². The summed E-state index contributed by atoms with van der Waals surface area (Å²) in [5, 5.41) is 2.80. The van der Waals surface area contributed by atoms with Crippen molar-refractivity contribution in [2.75, 3.05) is 0 Å². The summed E-state index contributed by atoms with van der Waals surface area (Å²) in [5.74, 6) is 0.387. The second kappa shape index (κ2) is 7.85. The Morgan fingerprint density at radius 2 is 1.62 bits per heavy atom. The molecular weight excluding hydrogens is 412 g/mol. The summed E-state index contributed by atoms with van der Waals surface area (Å²) in [7, 11) is 0. The highest BCUT2D eigenvalue weighted by Crippen LogP contribution is 2.43. The molecule has 5 aromatic rings. The summed E-state index contributed by atoms with van der Waals surface area (Å²) in [5.41, 5.74) is 7.72. The van der Waals surface area contributed by atoms with Gasteiger partial charge in [-0.1, -0.05) is 103 Å². The highest BCUT2D eigenvalue weighted by molar-refractivity contribution is 6.36. The molecule has 6 rings (SSSR count). The first-order chi connectivity index (χ1) is 15.8. The smallest absolute Gasteiger partial charge is 0.154 e. The zero-order chi connectivity index (χ0) is 21.5. The Morgan fingerprint density at radius 1 is 0.750 bits per heavy atom. The van der Waals surface area contributed by atoms with Crippen molar-refractivity contribution in [1.82, 2.24) is 0 Å². The largest absolute Gasteiger partial charge is 0.454 e. The fourth-order valence-electron chi connectivity index (χ4n) is 4.75. The van der Waals surface area contributed by atoms with E-state index in [0.29, 0.717) is 10.9 Å². The second-order valence-corrected chi connectivity index (χ2v) is 8.63. The van der Waals surface area contributed by atoms with Crippen LogP contribution in [0.5, 0.6) is 0 Å². The first-order valence-electron chi connectivity index (χ1n) is 10.9. The number of furan rings is 1. The number of para-hydroxylation sites is 1. The van der Waals surface area contributed by atoms with Gasteiger partial charge in [0.2, 0.25) is 0 Å². The van der Waals surface area contributed by atoms with Crippen LogP contribution in [0.15, 0.2) is 114 Å². The van der Waals surface area contributed by atoms with Crippen molar-refractivity contribution >= 4 is 33.5 Å². The van der Waals surface area contributed by atoms with E-state index in [2.05, 4.69) is 91.0 Å². The number of halogens is 1. The summed E-state index contributed by atoms with van der Waals surface area (Å²) < 4.78 is 6.19. The first-order valence-corrected chi connectivity index (χ1v) is 11.3. The highest BCUT2D eigenvalue weighted by atomic mass is 35.5. The van der Waals surface area contributed by atoms with Crippen molar-refractivity contribution in [2.24, 2.45) is 0 Å². The van der Waals surface area contributed by atoms with E-state index in [0.717, 1.165) is 28.4 Å². The lowest BCUT2D eigenvalue weighted by Crippen LogP contribution is -1.98. The summed E-state index contributed by atoms with van der Waals surface area (Å²) in [6, 6.07) is 29.7. The summed E-state index contributed by atoms with van der Waals surface area (Å²) in [6.07, 6.45) is 9.81. The van der Waals surface area contributed by atoms with Gasteiger partial charge in [-0.05, 0) is 52.4 Å². The van der Waals surface area contributed by atoms with Crippen LogP contribution in [0.4, 0.5) is 0 Å². The normalized spacial score (nSPS) is 15.6. The van der Waals surface area contributed by atoms with Gasteiger partial charge in [-0.3, -0.25) is 0 Å². The summed E-state index contributed by atoms with van der Waals surface area (Å²) >= 11 is 6.47. The molecule has 0 N–H and O–H groups in total. The van der Waals surface area contributed by atoms with E-state index in [9.17, 15) is 0 Å². The molecule has 0 aliphatic heterocycles. The van der Waals surface area contributed by atoms with Crippen LogP contribution >= 0.6 is 11.6 Å². The minimum atomic E-state index is 0.387. The molecular formula is C30H21ClO. The molecule has 0 saturated heterocycles. The van der Waals surface area contributed by atoms with Gasteiger partial charge in [-0.15, -0.1) is 0 Å². The molecule has 1 aromatic heterocycles. The van der Waals surface area contributed by atoms with E-state index in [1.165, 1.54) is 27.8 Å². The fraction of sp³-hybridized carbons (Fsp3) is 0.0667. The van der Waals surface area contributed by atoms with E-state index < -0.39 is 0 Å². The quantitative estimate of drug-likeness (QED) is 0.277. The highest BCUT2D eigenvalue weighted by Gasteiger charge is 2.18. The molecule has 0 bridgehead atoms. The molecule has 154 valence electrons. The zero-order valence-electron chi connectivity index (χ0n) is 17.5. The maximum Gasteiger partial charge on any atom is 0.154 e. The Hall–Kier alpha value is -3.55. The Labute approximate surface area is 192 Å². The molecule has 4 aromatic carbocycles. The molecule has 1 aliphatic rings. The van der Waals surface area contributed by atoms with E-state index >= 15 is 0 Å². The van der Waals surface area contributed by atoms with Gasteiger partial charge >= 0.3 is 0 Å². The van der Waals surface area contributed by atoms with Gasteiger partial charge < -0.3 is 4.42 Å². The minimum absolute atomic E-state index is 0.387. The Bertz CT molecular complexity index is 1500. The van der Waals surface area contributed by atoms with E-state index in [-0.39, 0.29) is 0 Å². The lowest BCUT2D eigenvalue weighted by atomic mass is 9.86. The van der Waals surface area contributed by atoms with Gasteiger partial charge in [0, 0.05) is 16.7 Å². The SMILES string of the molecule is Clc1cccc2c1oc1cccc(-c3cc(C4C=CC=CC4)ccc3-c3ccccc3)c12. The third-order valence-electron chi connectivity index (χ3n) is 6.30. The van der Waals surface area contributed by atoms with Crippen molar-refractivity contribution in [2.45, 2.75) is 12.3 Å². The monoisotopic (exact) mass is 432 g/mol. The molecule has 0 radical (unpaired) electrons. The van der Waals surface area contributed by atoms with Crippen molar-refractivity contribution < 1.29 is 4.42 Å². The average molecular weight is 433 g/mol. The molecule has 0 spiro atoms. The van der Waals surface area contributed by atoms with Crippen molar-refractivity contribution in [3.05, 3.63) is 120 Å². The zero-order valence-corrected chi connectivity index (χ0v) is 18.2. The maximum absolute atomic E-state index is 6.47. The molecule has 0 fully saturated rings. The lowest BCUT2D eigenvalue weighted by molar-refractivity contribution is 0.669. The standard InChI is InChI=1S/C30H21ClO/c31-27-15-7-14-25-29-24(13-8-16-28(29)32-30(25)27)26-19-22(20-9-3-1-4-10-20)17-18-23(26)21-11-5-2-6-12-21/h1-9,11-20H,10H2. The number of fused-ring (bicyclic) bond motifs is 3. The molecule has 1 unspecified atom stereocenters. The molecule has 0 amide bonds. The Balaban J connectivity index is 1.66. The predicted molar refractivity (Wildman–Crippen MR) is 135 cm³/mol. The molecule has 0 saturated carbocycles. The number of benzene rings is 4. The van der Waals surface area contributed by atoms with E-state index in [4.69, 9.17) is 16.0 Å². The van der Waals surface area contributed by atoms with Crippen LogP contribution in [-0.4, -0.2) is 0 Å². The van der Waals surface area contributed by atoms with Gasteiger partial charge in [0.1, 0.15) is 5.58 Å². The van der Waals surface area contributed by atoms with Gasteiger partial charge in [0.15, 0.2) is 5.58 Å². The molecule has 1 atom stereocenters. The van der Waals surface area contributed by atoms with Crippen LogP contribution in [0, 0.1) is 0 Å². The summed E-state index contributed by atoms with van der Waals surface area (Å²) in [6.45, 7) is 0. The molecule has 32 heavy (non-hydrogen) atoms. The average Bonchev–Trinajstić information content (AvgIpc) is 3.25. The van der Waals surface area contributed by atoms with Crippen LogP contribution in [0.1, 0.15) is 17.9 Å². The van der Waals surface area contributed by atoms with Crippen LogP contribution in [0.3, 0.4) is 0 Å². The Kier molecular flexibility index (Phi) is 4.70. The number of hydrogen-bond donors (Lipinski definition) is 0. The number of rotatable bonds is 3. The predicted octanol–water partition coefficient (Wildman–Crippen LogP) is 9.17. The maximum atomic E-state index is 6.47. The van der Waals surface area contributed by atoms with E-state index in [1.54, 1.807) is 0 Å². The van der Waals surface area contributed by atoms with Crippen LogP contribution in [0.25, 0.3) is 44.2 Å². The van der Waals surface area contributed by atoms with Gasteiger partial charge in [0.25, 0.3) is 0 Å². The molecule has 1 heterocycles. The molecule has 1 aliphatic carbocycles. The first kappa shape index (κ1) is 19.2. The number of allylic oxidation sites excluding steroid dienone is 4. The lowest BCUT2D eigenvalue weighted by Gasteiger charge is -2.18. The number of hydrogen-bond acceptors (Lipinski definition) is 1. The third kappa shape index (κ3) is 3.18. The van der Waals surface area contributed by atoms with E-state index in [1.807, 2.05) is 18.2 Å². The van der Waals surface area contributed by atoms with Gasteiger partial charge in [-0.2, -0.15) is 0 Å². The van der Waals surface area contributed by atoms with Crippen LogP contribution < -0.4 is 0 Å². The van der Waals surface area contributed by atoms with Crippen LogP contribution in [0.2, 0.25) is 5.02 Å². The Morgan fingerprint density at radius 3 is 2.47 bits per heavy atom. The van der Waals surface area contributed by atoms with Gasteiger partial charge in [0.05, 0.1) is 5.02 Å². The minimum Gasteiger partial charge on any atom is -0.454 e. The summed E-state index contributed by atoms with van der Waals surface area (Å²) in [4.78, 5) is 0. The molecule has 1 nitrogen and oxygen atoms in total. The van der Waals surface area contributed by atoms with Crippen LogP contribution in [-0.2, 0) is 0 Å².